The number of benzene rings is 1. The van der Waals surface area contributed by atoms with E-state index in [-0.39, 0.29) is 22.8 Å². The Morgan fingerprint density at radius 1 is 1.19 bits per heavy atom. The molecule has 2 N–H and O–H groups in total. The first kappa shape index (κ1) is 20.3. The van der Waals surface area contributed by atoms with Gasteiger partial charge in [0.25, 0.3) is 5.91 Å². The molecule has 0 radical (unpaired) electrons. The minimum atomic E-state index is -3.64. The van der Waals surface area contributed by atoms with Crippen LogP contribution in [0.3, 0.4) is 0 Å². The Labute approximate surface area is 160 Å². The van der Waals surface area contributed by atoms with Gasteiger partial charge in [-0.15, -0.1) is 0 Å². The van der Waals surface area contributed by atoms with Crippen molar-refractivity contribution in [3.05, 3.63) is 29.8 Å². The van der Waals surface area contributed by atoms with Crippen molar-refractivity contribution in [1.82, 2.24) is 9.62 Å². The Bertz CT molecular complexity index is 753. The van der Waals surface area contributed by atoms with Crippen LogP contribution in [-0.2, 0) is 14.8 Å². The second-order valence-electron chi connectivity index (χ2n) is 7.45. The summed E-state index contributed by atoms with van der Waals surface area (Å²) in [6, 6.07) is 6.13. The van der Waals surface area contributed by atoms with Crippen LogP contribution in [0.25, 0.3) is 0 Å². The van der Waals surface area contributed by atoms with E-state index in [1.165, 1.54) is 16.4 Å². The highest BCUT2D eigenvalue weighted by molar-refractivity contribution is 7.89. The van der Waals surface area contributed by atoms with E-state index in [2.05, 4.69) is 5.32 Å². The van der Waals surface area contributed by atoms with E-state index >= 15 is 0 Å². The summed E-state index contributed by atoms with van der Waals surface area (Å²) in [4.78, 5) is 12.7. The second-order valence-corrected chi connectivity index (χ2v) is 9.38. The van der Waals surface area contributed by atoms with Crippen molar-refractivity contribution in [3.8, 4) is 0 Å². The fraction of sp³-hybridized carbons (Fsp3) is 0.632. The van der Waals surface area contributed by atoms with Crippen molar-refractivity contribution in [2.45, 2.75) is 37.0 Å². The number of aliphatic hydroxyl groups excluding tert-OH is 1. The smallest absolute Gasteiger partial charge is 0.251 e. The summed E-state index contributed by atoms with van der Waals surface area (Å²) in [5, 5.41) is 12.7. The zero-order valence-corrected chi connectivity index (χ0v) is 16.3. The molecule has 1 aromatic carbocycles. The number of carbonyl (C=O) groups excluding carboxylic acids is 1. The van der Waals surface area contributed by atoms with Gasteiger partial charge in [0.2, 0.25) is 10.0 Å². The summed E-state index contributed by atoms with van der Waals surface area (Å²) in [5.74, 6) is -0.313. The van der Waals surface area contributed by atoms with Crippen LogP contribution >= 0.6 is 0 Å². The van der Waals surface area contributed by atoms with Gasteiger partial charge in [-0.25, -0.2) is 8.42 Å². The maximum absolute atomic E-state index is 12.8. The lowest BCUT2D eigenvalue weighted by atomic mass is 9.74. The highest BCUT2D eigenvalue weighted by atomic mass is 32.2. The monoisotopic (exact) mass is 396 g/mol. The number of carbonyl (C=O) groups is 1. The Morgan fingerprint density at radius 3 is 2.56 bits per heavy atom. The van der Waals surface area contributed by atoms with Crippen LogP contribution in [0.1, 0.15) is 42.5 Å². The Balaban J connectivity index is 1.70. The average Bonchev–Trinajstić information content (AvgIpc) is 2.73. The van der Waals surface area contributed by atoms with Crippen molar-refractivity contribution in [3.63, 3.8) is 0 Å². The third-order valence-electron chi connectivity index (χ3n) is 5.58. The van der Waals surface area contributed by atoms with Crippen LogP contribution in [0.2, 0.25) is 0 Å². The normalized spacial score (nSPS) is 20.9. The lowest BCUT2D eigenvalue weighted by molar-refractivity contribution is 0.0717. The van der Waals surface area contributed by atoms with E-state index in [0.29, 0.717) is 38.4 Å². The van der Waals surface area contributed by atoms with Gasteiger partial charge in [0.1, 0.15) is 0 Å². The highest BCUT2D eigenvalue weighted by Gasteiger charge is 2.32. The SMILES string of the molecule is O=C(NCC1(CO)CCCCC1)c1cccc(S(=O)(=O)N2CCOCC2)c1. The number of hydrogen-bond acceptors (Lipinski definition) is 5. The lowest BCUT2D eigenvalue weighted by Gasteiger charge is -2.35. The number of morpholine rings is 1. The van der Waals surface area contributed by atoms with Crippen molar-refractivity contribution in [2.75, 3.05) is 39.5 Å². The van der Waals surface area contributed by atoms with Crippen LogP contribution in [0.15, 0.2) is 29.2 Å². The number of aliphatic hydroxyl groups is 1. The van der Waals surface area contributed by atoms with Gasteiger partial charge in [-0.2, -0.15) is 4.31 Å². The zero-order chi connectivity index (χ0) is 19.3. The molecule has 0 aromatic heterocycles. The zero-order valence-electron chi connectivity index (χ0n) is 15.5. The number of hydrogen-bond donors (Lipinski definition) is 2. The third-order valence-corrected chi connectivity index (χ3v) is 7.47. The van der Waals surface area contributed by atoms with Gasteiger partial charge in [0, 0.05) is 30.6 Å². The number of ether oxygens (including phenoxy) is 1. The van der Waals surface area contributed by atoms with Crippen molar-refractivity contribution in [2.24, 2.45) is 5.41 Å². The van der Waals surface area contributed by atoms with Crippen molar-refractivity contribution < 1.29 is 23.1 Å². The summed E-state index contributed by atoms with van der Waals surface area (Å²) in [6.07, 6.45) is 5.08. The number of nitrogens with zero attached hydrogens (tertiary/aromatic N) is 1. The predicted molar refractivity (Wildman–Crippen MR) is 101 cm³/mol. The predicted octanol–water partition coefficient (Wildman–Crippen LogP) is 1.38. The quantitative estimate of drug-likeness (QED) is 0.757. The molecular formula is C19H28N2O5S. The molecule has 1 saturated carbocycles. The first-order valence-corrected chi connectivity index (χ1v) is 11.0. The minimum absolute atomic E-state index is 0.0543. The number of amides is 1. The lowest BCUT2D eigenvalue weighted by Crippen LogP contribution is -2.41. The van der Waals surface area contributed by atoms with Gasteiger partial charge >= 0.3 is 0 Å². The van der Waals surface area contributed by atoms with Crippen LogP contribution < -0.4 is 5.32 Å². The van der Waals surface area contributed by atoms with Gasteiger partial charge in [0.15, 0.2) is 0 Å². The van der Waals surface area contributed by atoms with E-state index in [1.807, 2.05) is 0 Å². The fourth-order valence-electron chi connectivity index (χ4n) is 3.80. The topological polar surface area (TPSA) is 95.9 Å². The van der Waals surface area contributed by atoms with Gasteiger partial charge in [-0.3, -0.25) is 4.79 Å². The standard InChI is InChI=1S/C19H28N2O5S/c22-15-19(7-2-1-3-8-19)14-20-18(23)16-5-4-6-17(13-16)27(24,25)21-9-11-26-12-10-21/h4-6,13,22H,1-3,7-12,14-15H2,(H,20,23). The summed E-state index contributed by atoms with van der Waals surface area (Å²) >= 11 is 0. The molecule has 1 aliphatic carbocycles. The molecule has 27 heavy (non-hydrogen) atoms. The van der Waals surface area contributed by atoms with Gasteiger partial charge in [0.05, 0.1) is 24.7 Å². The molecule has 1 aliphatic heterocycles. The average molecular weight is 397 g/mol. The molecule has 2 aliphatic rings. The summed E-state index contributed by atoms with van der Waals surface area (Å²) in [5.41, 5.74) is 0.0546. The summed E-state index contributed by atoms with van der Waals surface area (Å²) in [6.45, 7) is 1.85. The van der Waals surface area contributed by atoms with E-state index in [9.17, 15) is 18.3 Å². The fourth-order valence-corrected chi connectivity index (χ4v) is 5.25. The van der Waals surface area contributed by atoms with Crippen LogP contribution in [0.4, 0.5) is 0 Å². The van der Waals surface area contributed by atoms with E-state index in [1.54, 1.807) is 12.1 Å². The molecule has 0 atom stereocenters. The molecule has 0 spiro atoms. The van der Waals surface area contributed by atoms with Crippen LogP contribution in [0.5, 0.6) is 0 Å². The second kappa shape index (κ2) is 8.68. The summed E-state index contributed by atoms with van der Waals surface area (Å²) in [7, 11) is -3.64. The molecule has 2 fully saturated rings. The first-order valence-electron chi connectivity index (χ1n) is 9.54. The Morgan fingerprint density at radius 2 is 1.89 bits per heavy atom. The highest BCUT2D eigenvalue weighted by Crippen LogP contribution is 2.35. The number of nitrogens with one attached hydrogen (secondary N) is 1. The molecule has 0 unspecified atom stereocenters. The van der Waals surface area contributed by atoms with E-state index in [4.69, 9.17) is 4.74 Å². The maximum atomic E-state index is 12.8. The molecule has 1 aromatic rings. The molecule has 3 rings (SSSR count). The van der Waals surface area contributed by atoms with E-state index < -0.39 is 10.0 Å². The Hall–Kier alpha value is -1.48. The van der Waals surface area contributed by atoms with Crippen LogP contribution in [-0.4, -0.2) is 63.2 Å². The van der Waals surface area contributed by atoms with Crippen molar-refractivity contribution >= 4 is 15.9 Å². The molecule has 150 valence electrons. The maximum Gasteiger partial charge on any atom is 0.251 e. The van der Waals surface area contributed by atoms with Gasteiger partial charge in [-0.05, 0) is 31.0 Å². The Kier molecular flexibility index (Phi) is 6.52. The molecule has 0 bridgehead atoms. The molecule has 7 nitrogen and oxygen atoms in total. The molecule has 1 saturated heterocycles. The van der Waals surface area contributed by atoms with Gasteiger partial charge in [-0.1, -0.05) is 25.3 Å². The number of rotatable bonds is 6. The molecule has 1 heterocycles. The number of sulfonamides is 1. The molecular weight excluding hydrogens is 368 g/mol. The minimum Gasteiger partial charge on any atom is -0.396 e. The van der Waals surface area contributed by atoms with E-state index in [0.717, 1.165) is 32.1 Å². The van der Waals surface area contributed by atoms with Crippen LogP contribution in [0, 0.1) is 5.41 Å². The third kappa shape index (κ3) is 4.68. The molecule has 1 amide bonds. The summed E-state index contributed by atoms with van der Waals surface area (Å²) < 4.78 is 32.1. The van der Waals surface area contributed by atoms with Crippen molar-refractivity contribution in [1.29, 1.82) is 0 Å². The van der Waals surface area contributed by atoms with Gasteiger partial charge < -0.3 is 15.2 Å². The first-order chi connectivity index (χ1) is 13.0. The largest absolute Gasteiger partial charge is 0.396 e. The molecule has 8 heteroatoms.